The maximum Gasteiger partial charge on any atom is 0.407 e. The van der Waals surface area contributed by atoms with Crippen LogP contribution in [0, 0.1) is 0 Å². The lowest BCUT2D eigenvalue weighted by Gasteiger charge is -2.19. The molecule has 1 aromatic carbocycles. The number of methoxy groups -OCH3 is 1. The zero-order valence-electron chi connectivity index (χ0n) is 12.9. The highest BCUT2D eigenvalue weighted by Gasteiger charge is 2.15. The number of benzene rings is 1. The van der Waals surface area contributed by atoms with Crippen LogP contribution in [-0.4, -0.2) is 25.3 Å². The highest BCUT2D eigenvalue weighted by atomic mass is 35.5. The van der Waals surface area contributed by atoms with Crippen molar-refractivity contribution < 1.29 is 14.3 Å². The van der Waals surface area contributed by atoms with Crippen molar-refractivity contribution in [1.82, 2.24) is 5.32 Å². The molecule has 0 aliphatic carbocycles. The van der Waals surface area contributed by atoms with E-state index in [1.165, 1.54) is 0 Å². The summed E-state index contributed by atoms with van der Waals surface area (Å²) in [5, 5.41) is 3.32. The molecule has 1 aromatic rings. The first-order chi connectivity index (χ1) is 9.80. The van der Waals surface area contributed by atoms with E-state index in [9.17, 15) is 4.79 Å². The summed E-state index contributed by atoms with van der Waals surface area (Å²) in [4.78, 5) is 11.4. The quantitative estimate of drug-likeness (QED) is 0.826. The third kappa shape index (κ3) is 7.61. The van der Waals surface area contributed by atoms with E-state index in [2.05, 4.69) is 5.32 Å². The smallest absolute Gasteiger partial charge is 0.407 e. The van der Waals surface area contributed by atoms with Crippen molar-refractivity contribution in [2.45, 2.75) is 32.8 Å². The van der Waals surface area contributed by atoms with E-state index in [1.807, 2.05) is 45.1 Å². The SMILES string of the molecule is COc1cc(Cl)cc(C=CCCNC(=O)OC(C)(C)C)c1. The fraction of sp³-hybridized carbons (Fsp3) is 0.438. The molecule has 0 radical (unpaired) electrons. The zero-order chi connectivity index (χ0) is 15.9. The third-order valence-corrected chi connectivity index (χ3v) is 2.64. The maximum atomic E-state index is 11.4. The lowest BCUT2D eigenvalue weighted by molar-refractivity contribution is 0.0529. The third-order valence-electron chi connectivity index (χ3n) is 2.42. The van der Waals surface area contributed by atoms with Gasteiger partial charge in [-0.2, -0.15) is 0 Å². The fourth-order valence-corrected chi connectivity index (χ4v) is 1.82. The molecule has 0 fully saturated rings. The predicted molar refractivity (Wildman–Crippen MR) is 85.9 cm³/mol. The normalized spacial score (nSPS) is 11.5. The molecule has 116 valence electrons. The van der Waals surface area contributed by atoms with E-state index in [4.69, 9.17) is 21.1 Å². The van der Waals surface area contributed by atoms with Crippen molar-refractivity contribution in [3.63, 3.8) is 0 Å². The van der Waals surface area contributed by atoms with E-state index >= 15 is 0 Å². The number of carbonyl (C=O) groups is 1. The highest BCUT2D eigenvalue weighted by molar-refractivity contribution is 6.30. The number of carbonyl (C=O) groups excluding carboxylic acids is 1. The summed E-state index contributed by atoms with van der Waals surface area (Å²) >= 11 is 5.98. The molecule has 0 saturated carbocycles. The average molecular weight is 312 g/mol. The van der Waals surface area contributed by atoms with Crippen LogP contribution in [0.2, 0.25) is 5.02 Å². The van der Waals surface area contributed by atoms with Crippen LogP contribution in [0.1, 0.15) is 32.8 Å². The summed E-state index contributed by atoms with van der Waals surface area (Å²) in [6.07, 6.45) is 4.20. The Labute approximate surface area is 131 Å². The molecule has 0 aromatic heterocycles. The summed E-state index contributed by atoms with van der Waals surface area (Å²) < 4.78 is 10.3. The minimum atomic E-state index is -0.475. The zero-order valence-corrected chi connectivity index (χ0v) is 13.7. The van der Waals surface area contributed by atoms with Crippen LogP contribution in [0.25, 0.3) is 6.08 Å². The van der Waals surface area contributed by atoms with Crippen LogP contribution in [-0.2, 0) is 4.74 Å². The van der Waals surface area contributed by atoms with Gasteiger partial charge >= 0.3 is 6.09 Å². The van der Waals surface area contributed by atoms with Gasteiger partial charge in [-0.05, 0) is 51.0 Å². The molecule has 21 heavy (non-hydrogen) atoms. The van der Waals surface area contributed by atoms with Crippen molar-refractivity contribution in [3.8, 4) is 5.75 Å². The Hall–Kier alpha value is -1.68. The van der Waals surface area contributed by atoms with Gasteiger partial charge in [0.05, 0.1) is 7.11 Å². The number of rotatable bonds is 5. The van der Waals surface area contributed by atoms with Crippen molar-refractivity contribution in [1.29, 1.82) is 0 Å². The fourth-order valence-electron chi connectivity index (χ4n) is 1.59. The number of hydrogen-bond acceptors (Lipinski definition) is 3. The number of hydrogen-bond donors (Lipinski definition) is 1. The summed E-state index contributed by atoms with van der Waals surface area (Å²) in [6, 6.07) is 5.49. The van der Waals surface area contributed by atoms with Gasteiger partial charge in [-0.1, -0.05) is 23.8 Å². The molecule has 1 N–H and O–H groups in total. The lowest BCUT2D eigenvalue weighted by atomic mass is 10.2. The van der Waals surface area contributed by atoms with Gasteiger partial charge in [0.15, 0.2) is 0 Å². The van der Waals surface area contributed by atoms with Crippen LogP contribution >= 0.6 is 11.6 Å². The minimum Gasteiger partial charge on any atom is -0.497 e. The molecular formula is C16H22ClNO3. The molecule has 0 aliphatic heterocycles. The molecule has 1 amide bonds. The lowest BCUT2D eigenvalue weighted by Crippen LogP contribution is -2.32. The molecular weight excluding hydrogens is 290 g/mol. The number of ether oxygens (including phenoxy) is 2. The summed E-state index contributed by atoms with van der Waals surface area (Å²) in [7, 11) is 1.60. The van der Waals surface area contributed by atoms with E-state index in [1.54, 1.807) is 13.2 Å². The van der Waals surface area contributed by atoms with Gasteiger partial charge in [-0.15, -0.1) is 0 Å². The Morgan fingerprint density at radius 3 is 2.67 bits per heavy atom. The summed E-state index contributed by atoms with van der Waals surface area (Å²) in [5.74, 6) is 0.717. The van der Waals surface area contributed by atoms with E-state index in [-0.39, 0.29) is 0 Å². The minimum absolute atomic E-state index is 0.402. The van der Waals surface area contributed by atoms with E-state index in [0.717, 1.165) is 5.56 Å². The number of halogens is 1. The molecule has 4 nitrogen and oxygen atoms in total. The molecule has 0 unspecified atom stereocenters. The first-order valence-electron chi connectivity index (χ1n) is 6.78. The second kappa shape index (κ2) is 7.93. The summed E-state index contributed by atoms with van der Waals surface area (Å²) in [6.45, 7) is 6.01. The monoisotopic (exact) mass is 311 g/mol. The van der Waals surface area contributed by atoms with Crippen molar-refractivity contribution in [2.75, 3.05) is 13.7 Å². The average Bonchev–Trinajstić information content (AvgIpc) is 2.35. The molecule has 0 heterocycles. The number of amides is 1. The Morgan fingerprint density at radius 2 is 2.05 bits per heavy atom. The second-order valence-electron chi connectivity index (χ2n) is 5.54. The van der Waals surface area contributed by atoms with Crippen LogP contribution in [0.5, 0.6) is 5.75 Å². The largest absolute Gasteiger partial charge is 0.497 e. The Morgan fingerprint density at radius 1 is 1.33 bits per heavy atom. The van der Waals surface area contributed by atoms with Crippen LogP contribution in [0.15, 0.2) is 24.3 Å². The first-order valence-corrected chi connectivity index (χ1v) is 7.16. The Bertz CT molecular complexity index is 507. The first kappa shape index (κ1) is 17.4. The van der Waals surface area contributed by atoms with Gasteiger partial charge in [0.1, 0.15) is 11.4 Å². The molecule has 0 aliphatic rings. The van der Waals surface area contributed by atoms with Crippen LogP contribution < -0.4 is 10.1 Å². The van der Waals surface area contributed by atoms with Crippen molar-refractivity contribution in [3.05, 3.63) is 34.9 Å². The second-order valence-corrected chi connectivity index (χ2v) is 5.98. The van der Waals surface area contributed by atoms with Gasteiger partial charge < -0.3 is 14.8 Å². The Balaban J connectivity index is 2.39. The van der Waals surface area contributed by atoms with Gasteiger partial charge in [0.2, 0.25) is 0 Å². The van der Waals surface area contributed by atoms with Gasteiger partial charge in [-0.25, -0.2) is 4.79 Å². The number of nitrogens with one attached hydrogen (secondary N) is 1. The topological polar surface area (TPSA) is 47.6 Å². The molecule has 0 spiro atoms. The molecule has 0 atom stereocenters. The molecule has 1 rings (SSSR count). The van der Waals surface area contributed by atoms with E-state index < -0.39 is 11.7 Å². The van der Waals surface area contributed by atoms with Gasteiger partial charge in [-0.3, -0.25) is 0 Å². The van der Waals surface area contributed by atoms with Gasteiger partial charge in [0.25, 0.3) is 0 Å². The maximum absolute atomic E-state index is 11.4. The Kier molecular flexibility index (Phi) is 6.56. The molecule has 0 saturated heterocycles. The predicted octanol–water partition coefficient (Wildman–Crippen LogP) is 4.28. The van der Waals surface area contributed by atoms with Crippen molar-refractivity contribution in [2.24, 2.45) is 0 Å². The van der Waals surface area contributed by atoms with Gasteiger partial charge in [0, 0.05) is 11.6 Å². The van der Waals surface area contributed by atoms with Crippen LogP contribution in [0.4, 0.5) is 4.79 Å². The van der Waals surface area contributed by atoms with E-state index in [0.29, 0.717) is 23.7 Å². The van der Waals surface area contributed by atoms with Crippen LogP contribution in [0.3, 0.4) is 0 Å². The standard InChI is InChI=1S/C16H22ClNO3/c1-16(2,3)21-15(19)18-8-6-5-7-12-9-13(17)11-14(10-12)20-4/h5,7,9-11H,6,8H2,1-4H3,(H,18,19). The van der Waals surface area contributed by atoms with Crippen molar-refractivity contribution >= 4 is 23.8 Å². The molecule has 5 heteroatoms. The molecule has 0 bridgehead atoms. The highest BCUT2D eigenvalue weighted by Crippen LogP contribution is 2.21. The summed E-state index contributed by atoms with van der Waals surface area (Å²) in [5.41, 5.74) is 0.480. The number of alkyl carbamates (subject to hydrolysis) is 1.